The SMILES string of the molecule is CCCCCCCCC/C=C/CCCCCCCCCCCCCCCCCCCCCCCCCCCCCCCCCCCCCCCCCCCCCC1CC(=O)OCC(CO)(CO)COC1=O. The number of aliphatic hydroxyl groups is 2. The molecule has 1 unspecified atom stereocenters. The monoisotopic (exact) mass is 1000 g/mol. The molecule has 1 fully saturated rings. The van der Waals surface area contributed by atoms with Crippen LogP contribution < -0.4 is 0 Å². The molecule has 1 aliphatic heterocycles. The van der Waals surface area contributed by atoms with E-state index in [4.69, 9.17) is 9.47 Å². The second-order valence-corrected chi connectivity index (χ2v) is 23.1. The lowest BCUT2D eigenvalue weighted by Crippen LogP contribution is -2.40. The van der Waals surface area contributed by atoms with Crippen LogP contribution in [0.3, 0.4) is 0 Å². The molecular weight excluding hydrogens is 877 g/mol. The summed E-state index contributed by atoms with van der Waals surface area (Å²) in [5.41, 5.74) is -1.12. The van der Waals surface area contributed by atoms with Crippen LogP contribution in [-0.4, -0.2) is 48.6 Å². The predicted molar refractivity (Wildman–Crippen MR) is 306 cm³/mol. The van der Waals surface area contributed by atoms with Gasteiger partial charge in [-0.2, -0.15) is 0 Å². The molecule has 0 bridgehead atoms. The second kappa shape index (κ2) is 54.8. The van der Waals surface area contributed by atoms with Crippen molar-refractivity contribution in [1.82, 2.24) is 0 Å². The van der Waals surface area contributed by atoms with E-state index >= 15 is 0 Å². The number of cyclic esters (lactones) is 2. The number of allylic oxidation sites excluding steroid dienone is 2. The summed E-state index contributed by atoms with van der Waals surface area (Å²) in [5, 5.41) is 19.2. The van der Waals surface area contributed by atoms with Crippen molar-refractivity contribution >= 4 is 11.9 Å². The maximum absolute atomic E-state index is 12.5. The fourth-order valence-corrected chi connectivity index (χ4v) is 10.8. The Morgan fingerprint density at radius 3 is 0.873 bits per heavy atom. The van der Waals surface area contributed by atoms with Gasteiger partial charge in [-0.3, -0.25) is 9.59 Å². The van der Waals surface area contributed by atoms with E-state index < -0.39 is 36.5 Å². The van der Waals surface area contributed by atoms with Gasteiger partial charge < -0.3 is 19.7 Å². The van der Waals surface area contributed by atoms with E-state index in [1.54, 1.807) is 0 Å². The van der Waals surface area contributed by atoms with Crippen molar-refractivity contribution in [2.75, 3.05) is 26.4 Å². The highest BCUT2D eigenvalue weighted by Gasteiger charge is 2.36. The third-order valence-corrected chi connectivity index (χ3v) is 16.0. The van der Waals surface area contributed by atoms with E-state index in [2.05, 4.69) is 19.1 Å². The Kier molecular flexibility index (Phi) is 52.2. The summed E-state index contributed by atoms with van der Waals surface area (Å²) in [7, 11) is 0. The van der Waals surface area contributed by atoms with Crippen LogP contribution in [0.5, 0.6) is 0 Å². The number of esters is 2. The van der Waals surface area contributed by atoms with Gasteiger partial charge in [0.05, 0.1) is 31.0 Å². The summed E-state index contributed by atoms with van der Waals surface area (Å²) in [6.45, 7) is 1.21. The molecule has 1 heterocycles. The Morgan fingerprint density at radius 2 is 0.606 bits per heavy atom. The third-order valence-electron chi connectivity index (χ3n) is 16.0. The van der Waals surface area contributed by atoms with E-state index in [-0.39, 0.29) is 19.6 Å². The van der Waals surface area contributed by atoms with Crippen molar-refractivity contribution in [1.29, 1.82) is 0 Å². The highest BCUT2D eigenvalue weighted by atomic mass is 16.6. The molecule has 420 valence electrons. The van der Waals surface area contributed by atoms with E-state index in [1.165, 1.54) is 315 Å². The predicted octanol–water partition coefficient (Wildman–Crippen LogP) is 20.3. The van der Waals surface area contributed by atoms with Crippen LogP contribution in [0.1, 0.15) is 354 Å². The minimum atomic E-state index is -1.12. The molecule has 0 amide bonds. The van der Waals surface area contributed by atoms with Gasteiger partial charge in [0.25, 0.3) is 0 Å². The Bertz CT molecular complexity index is 1120. The molecule has 0 spiro atoms. The minimum absolute atomic E-state index is 0.00515. The van der Waals surface area contributed by atoms with Crippen molar-refractivity contribution in [2.24, 2.45) is 11.3 Å². The Morgan fingerprint density at radius 1 is 0.366 bits per heavy atom. The van der Waals surface area contributed by atoms with Gasteiger partial charge in [-0.1, -0.05) is 327 Å². The Labute approximate surface area is 443 Å². The Balaban J connectivity index is 1.67. The van der Waals surface area contributed by atoms with Gasteiger partial charge in [-0.05, 0) is 32.1 Å². The van der Waals surface area contributed by atoms with Crippen molar-refractivity contribution in [3.63, 3.8) is 0 Å². The number of carbonyl (C=O) groups excluding carboxylic acids is 2. The molecule has 0 aliphatic carbocycles. The van der Waals surface area contributed by atoms with Crippen LogP contribution in [0.25, 0.3) is 0 Å². The minimum Gasteiger partial charge on any atom is -0.465 e. The van der Waals surface area contributed by atoms with Gasteiger partial charge in [0.15, 0.2) is 0 Å². The topological polar surface area (TPSA) is 93.1 Å². The molecule has 0 saturated carbocycles. The third kappa shape index (κ3) is 46.8. The van der Waals surface area contributed by atoms with Gasteiger partial charge in [-0.25, -0.2) is 0 Å². The first-order chi connectivity index (χ1) is 35.1. The Hall–Kier alpha value is -1.40. The van der Waals surface area contributed by atoms with E-state index in [0.29, 0.717) is 6.42 Å². The fraction of sp³-hybridized carbons (Fsp3) is 0.938. The lowest BCUT2D eigenvalue weighted by Gasteiger charge is -2.27. The first-order valence-electron chi connectivity index (χ1n) is 32.3. The molecular formula is C65H124O6. The number of hydrogen-bond acceptors (Lipinski definition) is 6. The molecule has 1 rings (SSSR count). The smallest absolute Gasteiger partial charge is 0.309 e. The zero-order valence-corrected chi connectivity index (χ0v) is 47.8. The zero-order valence-electron chi connectivity index (χ0n) is 47.8. The first-order valence-corrected chi connectivity index (χ1v) is 32.3. The van der Waals surface area contributed by atoms with Crippen molar-refractivity contribution < 1.29 is 29.3 Å². The molecule has 1 saturated heterocycles. The summed E-state index contributed by atoms with van der Waals surface area (Å²) in [6.07, 6.45) is 78.7. The highest BCUT2D eigenvalue weighted by molar-refractivity contribution is 5.80. The van der Waals surface area contributed by atoms with Crippen molar-refractivity contribution in [2.45, 2.75) is 354 Å². The molecule has 2 N–H and O–H groups in total. The number of hydrogen-bond donors (Lipinski definition) is 2. The van der Waals surface area contributed by atoms with Crippen LogP contribution in [0.2, 0.25) is 0 Å². The number of ether oxygens (including phenoxy) is 2. The number of carbonyl (C=O) groups is 2. The normalized spacial score (nSPS) is 15.3. The van der Waals surface area contributed by atoms with E-state index in [0.717, 1.165) is 19.3 Å². The van der Waals surface area contributed by atoms with Crippen molar-refractivity contribution in [3.8, 4) is 0 Å². The molecule has 6 heteroatoms. The van der Waals surface area contributed by atoms with Crippen LogP contribution in [-0.2, 0) is 19.1 Å². The standard InChI is InChI=1S/C65H124O6/c1-2-3-4-5-6-7-8-9-10-11-12-13-14-15-16-17-18-19-20-21-22-23-24-25-26-27-28-29-30-31-32-33-34-35-36-37-38-39-40-41-42-43-44-45-46-47-48-49-50-51-52-53-54-55-56-62-57-63(68)70-60-65(58-66,59-67)61-71-64(62)69/h10-11,62,66-67H,2-9,12-61H2,1H3/b11-10+. The van der Waals surface area contributed by atoms with E-state index in [1.807, 2.05) is 0 Å². The average molecular weight is 1000 g/mol. The molecule has 0 aromatic heterocycles. The maximum Gasteiger partial charge on any atom is 0.309 e. The quantitative estimate of drug-likeness (QED) is 0.0358. The molecule has 1 atom stereocenters. The lowest BCUT2D eigenvalue weighted by atomic mass is 9.92. The fourth-order valence-electron chi connectivity index (χ4n) is 10.8. The van der Waals surface area contributed by atoms with Gasteiger partial charge in [0, 0.05) is 0 Å². The van der Waals surface area contributed by atoms with Crippen LogP contribution in [0.15, 0.2) is 12.2 Å². The highest BCUT2D eigenvalue weighted by Crippen LogP contribution is 2.25. The van der Waals surface area contributed by atoms with Gasteiger partial charge in [0.2, 0.25) is 0 Å². The van der Waals surface area contributed by atoms with Crippen LogP contribution >= 0.6 is 0 Å². The summed E-state index contributed by atoms with van der Waals surface area (Å²) in [4.78, 5) is 24.7. The molecule has 6 nitrogen and oxygen atoms in total. The number of rotatable bonds is 56. The largest absolute Gasteiger partial charge is 0.465 e. The molecule has 71 heavy (non-hydrogen) atoms. The summed E-state index contributed by atoms with van der Waals surface area (Å²) < 4.78 is 10.6. The number of aliphatic hydroxyl groups excluding tert-OH is 2. The second-order valence-electron chi connectivity index (χ2n) is 23.1. The van der Waals surface area contributed by atoms with Gasteiger partial charge in [0.1, 0.15) is 13.2 Å². The summed E-state index contributed by atoms with van der Waals surface area (Å²) >= 11 is 0. The van der Waals surface area contributed by atoms with Crippen LogP contribution in [0, 0.1) is 11.3 Å². The van der Waals surface area contributed by atoms with Crippen LogP contribution in [0.4, 0.5) is 0 Å². The van der Waals surface area contributed by atoms with E-state index in [9.17, 15) is 19.8 Å². The average Bonchev–Trinajstić information content (AvgIpc) is 3.44. The molecule has 0 aromatic rings. The first kappa shape index (κ1) is 67.6. The zero-order chi connectivity index (χ0) is 51.1. The molecule has 0 radical (unpaired) electrons. The van der Waals surface area contributed by atoms with Gasteiger partial charge >= 0.3 is 11.9 Å². The molecule has 1 aliphatic rings. The number of unbranched alkanes of at least 4 members (excludes halogenated alkanes) is 50. The van der Waals surface area contributed by atoms with Gasteiger partial charge in [-0.15, -0.1) is 0 Å². The lowest BCUT2D eigenvalue weighted by molar-refractivity contribution is -0.155. The maximum atomic E-state index is 12.5. The summed E-state index contributed by atoms with van der Waals surface area (Å²) in [5.74, 6) is -1.40. The molecule has 0 aromatic carbocycles. The summed E-state index contributed by atoms with van der Waals surface area (Å²) in [6, 6.07) is 0. The van der Waals surface area contributed by atoms with Crippen molar-refractivity contribution in [3.05, 3.63) is 12.2 Å².